The number of benzene rings is 2. The van der Waals surface area contributed by atoms with E-state index in [1.54, 1.807) is 14.2 Å². The van der Waals surface area contributed by atoms with Crippen molar-refractivity contribution in [3.63, 3.8) is 0 Å². The van der Waals surface area contributed by atoms with E-state index in [0.717, 1.165) is 49.5 Å². The molecule has 1 aliphatic heterocycles. The standard InChI is InChI=1S/C23H30N2O3/c1-27-21-9-10-22(28-2)19(16-21)8-11-23(26)24-20-12-14-25(15-13-20)17-18-6-4-3-5-7-18/h3-7,9-10,16,20H,8,11-15,17H2,1-2H3,(H,24,26). The molecule has 28 heavy (non-hydrogen) atoms. The first-order valence-corrected chi connectivity index (χ1v) is 9.94. The van der Waals surface area contributed by atoms with Gasteiger partial charge in [-0.2, -0.15) is 0 Å². The number of nitrogens with zero attached hydrogens (tertiary/aromatic N) is 1. The van der Waals surface area contributed by atoms with Gasteiger partial charge in [0.25, 0.3) is 0 Å². The highest BCUT2D eigenvalue weighted by Crippen LogP contribution is 2.25. The van der Waals surface area contributed by atoms with E-state index in [4.69, 9.17) is 9.47 Å². The zero-order valence-electron chi connectivity index (χ0n) is 16.8. The third-order valence-corrected chi connectivity index (χ3v) is 5.31. The lowest BCUT2D eigenvalue weighted by molar-refractivity contribution is -0.122. The first-order chi connectivity index (χ1) is 13.7. The van der Waals surface area contributed by atoms with E-state index in [1.807, 2.05) is 24.3 Å². The zero-order valence-corrected chi connectivity index (χ0v) is 16.8. The number of likely N-dealkylation sites (tertiary alicyclic amines) is 1. The summed E-state index contributed by atoms with van der Waals surface area (Å²) in [6.07, 6.45) is 3.09. The molecule has 0 atom stereocenters. The van der Waals surface area contributed by atoms with Crippen LogP contribution in [0.4, 0.5) is 0 Å². The summed E-state index contributed by atoms with van der Waals surface area (Å²) < 4.78 is 10.7. The van der Waals surface area contributed by atoms with Gasteiger partial charge in [-0.15, -0.1) is 0 Å². The van der Waals surface area contributed by atoms with E-state index >= 15 is 0 Å². The van der Waals surface area contributed by atoms with Gasteiger partial charge in [0, 0.05) is 32.1 Å². The quantitative estimate of drug-likeness (QED) is 0.760. The highest BCUT2D eigenvalue weighted by Gasteiger charge is 2.20. The molecule has 150 valence electrons. The molecule has 1 aliphatic rings. The van der Waals surface area contributed by atoms with Crippen molar-refractivity contribution in [1.29, 1.82) is 0 Å². The Labute approximate surface area is 167 Å². The highest BCUT2D eigenvalue weighted by atomic mass is 16.5. The molecule has 1 heterocycles. The minimum absolute atomic E-state index is 0.103. The molecule has 0 bridgehead atoms. The maximum atomic E-state index is 12.4. The maximum absolute atomic E-state index is 12.4. The fourth-order valence-electron chi connectivity index (χ4n) is 3.70. The number of carbonyl (C=O) groups is 1. The van der Waals surface area contributed by atoms with Crippen LogP contribution in [-0.2, 0) is 17.8 Å². The summed E-state index contributed by atoms with van der Waals surface area (Å²) in [5, 5.41) is 3.20. The Hall–Kier alpha value is -2.53. The highest BCUT2D eigenvalue weighted by molar-refractivity contribution is 5.76. The number of rotatable bonds is 8. The minimum atomic E-state index is 0.103. The van der Waals surface area contributed by atoms with Crippen molar-refractivity contribution in [2.45, 2.75) is 38.3 Å². The molecule has 0 saturated carbocycles. The van der Waals surface area contributed by atoms with E-state index in [2.05, 4.69) is 34.5 Å². The monoisotopic (exact) mass is 382 g/mol. The predicted octanol–water partition coefficient (Wildman–Crippen LogP) is 3.42. The van der Waals surface area contributed by atoms with Crippen LogP contribution in [0.5, 0.6) is 11.5 Å². The van der Waals surface area contributed by atoms with Crippen LogP contribution in [0.2, 0.25) is 0 Å². The molecular weight excluding hydrogens is 352 g/mol. The van der Waals surface area contributed by atoms with Crippen LogP contribution in [0.15, 0.2) is 48.5 Å². The van der Waals surface area contributed by atoms with Crippen LogP contribution < -0.4 is 14.8 Å². The number of carbonyl (C=O) groups excluding carboxylic acids is 1. The van der Waals surface area contributed by atoms with Gasteiger partial charge >= 0.3 is 0 Å². The van der Waals surface area contributed by atoms with Crippen molar-refractivity contribution in [2.75, 3.05) is 27.3 Å². The van der Waals surface area contributed by atoms with Crippen LogP contribution >= 0.6 is 0 Å². The van der Waals surface area contributed by atoms with Crippen molar-refractivity contribution >= 4 is 5.91 Å². The number of nitrogens with one attached hydrogen (secondary N) is 1. The molecule has 3 rings (SSSR count). The summed E-state index contributed by atoms with van der Waals surface area (Å²) in [6.45, 7) is 3.02. The van der Waals surface area contributed by atoms with Crippen molar-refractivity contribution in [1.82, 2.24) is 10.2 Å². The van der Waals surface area contributed by atoms with Crippen LogP contribution in [0.25, 0.3) is 0 Å². The third kappa shape index (κ3) is 5.73. The Morgan fingerprint density at radius 3 is 2.50 bits per heavy atom. The molecule has 1 fully saturated rings. The van der Waals surface area contributed by atoms with Gasteiger partial charge in [-0.05, 0) is 48.6 Å². The number of piperidine rings is 1. The molecule has 0 spiro atoms. The summed E-state index contributed by atoms with van der Waals surface area (Å²) in [6, 6.07) is 16.5. The van der Waals surface area contributed by atoms with E-state index in [9.17, 15) is 4.79 Å². The van der Waals surface area contributed by atoms with E-state index < -0.39 is 0 Å². The average molecular weight is 383 g/mol. The summed E-state index contributed by atoms with van der Waals surface area (Å²) in [4.78, 5) is 14.9. The smallest absolute Gasteiger partial charge is 0.220 e. The van der Waals surface area contributed by atoms with Gasteiger partial charge in [0.2, 0.25) is 5.91 Å². The molecule has 2 aromatic rings. The molecular formula is C23H30N2O3. The van der Waals surface area contributed by atoms with Gasteiger partial charge < -0.3 is 14.8 Å². The Kier molecular flexibility index (Phi) is 7.31. The number of hydrogen-bond donors (Lipinski definition) is 1. The maximum Gasteiger partial charge on any atom is 0.220 e. The molecule has 1 amide bonds. The Morgan fingerprint density at radius 1 is 1.07 bits per heavy atom. The van der Waals surface area contributed by atoms with Crippen molar-refractivity contribution < 1.29 is 14.3 Å². The van der Waals surface area contributed by atoms with Crippen LogP contribution in [0.3, 0.4) is 0 Å². The first-order valence-electron chi connectivity index (χ1n) is 9.94. The topological polar surface area (TPSA) is 50.8 Å². The largest absolute Gasteiger partial charge is 0.497 e. The fraction of sp³-hybridized carbons (Fsp3) is 0.435. The molecule has 5 heteroatoms. The van der Waals surface area contributed by atoms with Gasteiger partial charge in [0.05, 0.1) is 14.2 Å². The Morgan fingerprint density at radius 2 is 1.82 bits per heavy atom. The number of aryl methyl sites for hydroxylation is 1. The second-order valence-corrected chi connectivity index (χ2v) is 7.28. The molecule has 5 nitrogen and oxygen atoms in total. The molecule has 0 aliphatic carbocycles. The predicted molar refractivity (Wildman–Crippen MR) is 111 cm³/mol. The normalized spacial score (nSPS) is 15.2. The molecule has 1 N–H and O–H groups in total. The average Bonchev–Trinajstić information content (AvgIpc) is 2.74. The summed E-state index contributed by atoms with van der Waals surface area (Å²) in [5.74, 6) is 1.68. The second-order valence-electron chi connectivity index (χ2n) is 7.28. The number of methoxy groups -OCH3 is 2. The van der Waals surface area contributed by atoms with Gasteiger partial charge in [0.1, 0.15) is 11.5 Å². The van der Waals surface area contributed by atoms with Crippen molar-refractivity contribution in [2.24, 2.45) is 0 Å². The van der Waals surface area contributed by atoms with Gasteiger partial charge in [-0.3, -0.25) is 9.69 Å². The second kappa shape index (κ2) is 10.1. The van der Waals surface area contributed by atoms with E-state index in [-0.39, 0.29) is 11.9 Å². The lowest BCUT2D eigenvalue weighted by atomic mass is 10.0. The summed E-state index contributed by atoms with van der Waals surface area (Å²) >= 11 is 0. The summed E-state index contributed by atoms with van der Waals surface area (Å²) in [5.41, 5.74) is 2.34. The van der Waals surface area contributed by atoms with Crippen LogP contribution in [0, 0.1) is 0 Å². The molecule has 0 unspecified atom stereocenters. The number of hydrogen-bond acceptors (Lipinski definition) is 4. The molecule has 0 radical (unpaired) electrons. The van der Waals surface area contributed by atoms with Gasteiger partial charge in [0.15, 0.2) is 0 Å². The zero-order chi connectivity index (χ0) is 19.8. The first kappa shape index (κ1) is 20.2. The van der Waals surface area contributed by atoms with Gasteiger partial charge in [-0.1, -0.05) is 30.3 Å². The van der Waals surface area contributed by atoms with Crippen LogP contribution in [0.1, 0.15) is 30.4 Å². The Balaban J connectivity index is 1.42. The lowest BCUT2D eigenvalue weighted by Gasteiger charge is -2.32. The van der Waals surface area contributed by atoms with E-state index in [0.29, 0.717) is 12.8 Å². The number of ether oxygens (including phenoxy) is 2. The summed E-state index contributed by atoms with van der Waals surface area (Å²) in [7, 11) is 3.29. The molecule has 1 saturated heterocycles. The lowest BCUT2D eigenvalue weighted by Crippen LogP contribution is -2.44. The van der Waals surface area contributed by atoms with Crippen LogP contribution in [-0.4, -0.2) is 44.2 Å². The Bertz CT molecular complexity index is 756. The third-order valence-electron chi connectivity index (χ3n) is 5.31. The number of amides is 1. The fourth-order valence-corrected chi connectivity index (χ4v) is 3.70. The van der Waals surface area contributed by atoms with Crippen molar-refractivity contribution in [3.05, 3.63) is 59.7 Å². The molecule has 2 aromatic carbocycles. The van der Waals surface area contributed by atoms with Gasteiger partial charge in [-0.25, -0.2) is 0 Å². The minimum Gasteiger partial charge on any atom is -0.497 e. The molecule has 0 aromatic heterocycles. The van der Waals surface area contributed by atoms with E-state index in [1.165, 1.54) is 5.56 Å². The van der Waals surface area contributed by atoms with Crippen molar-refractivity contribution in [3.8, 4) is 11.5 Å². The SMILES string of the molecule is COc1ccc(OC)c(CCC(=O)NC2CCN(Cc3ccccc3)CC2)c1.